The van der Waals surface area contributed by atoms with E-state index in [0.717, 1.165) is 24.5 Å². The molecule has 2 nitrogen and oxygen atoms in total. The van der Waals surface area contributed by atoms with Crippen LogP contribution in [-0.2, 0) is 0 Å². The Morgan fingerprint density at radius 2 is 2.00 bits per heavy atom. The fraction of sp³-hybridized carbons (Fsp3) is 0.647. The minimum atomic E-state index is 0.727. The molecule has 1 aromatic rings. The molecule has 0 aromatic heterocycles. The van der Waals surface area contributed by atoms with E-state index in [-0.39, 0.29) is 0 Å². The maximum Gasteiger partial charge on any atom is 0.0210 e. The van der Waals surface area contributed by atoms with Crippen LogP contribution in [-0.4, -0.2) is 36.6 Å². The first-order valence-electron chi connectivity index (χ1n) is 7.99. The number of rotatable bonds is 7. The second kappa shape index (κ2) is 6.59. The molecule has 0 aliphatic heterocycles. The molecular formula is C17H25BrN2. The second-order valence-corrected chi connectivity index (χ2v) is 7.05. The predicted molar refractivity (Wildman–Crippen MR) is 88.2 cm³/mol. The van der Waals surface area contributed by atoms with Crippen molar-refractivity contribution in [1.82, 2.24) is 10.2 Å². The van der Waals surface area contributed by atoms with Crippen LogP contribution in [0.3, 0.4) is 0 Å². The summed E-state index contributed by atoms with van der Waals surface area (Å²) in [4.78, 5) is 2.62. The lowest BCUT2D eigenvalue weighted by Crippen LogP contribution is -2.44. The molecule has 1 N–H and O–H groups in total. The molecular weight excluding hydrogens is 312 g/mol. The van der Waals surface area contributed by atoms with E-state index in [1.165, 1.54) is 48.8 Å². The summed E-state index contributed by atoms with van der Waals surface area (Å²) in [5, 5.41) is 3.73. The average Bonchev–Trinajstić information content (AvgIpc) is 3.22. The van der Waals surface area contributed by atoms with Crippen LogP contribution in [0.2, 0.25) is 0 Å². The summed E-state index contributed by atoms with van der Waals surface area (Å²) in [5.74, 6) is 0.744. The van der Waals surface area contributed by atoms with E-state index in [2.05, 4.69) is 57.3 Å². The Balaban J connectivity index is 1.37. The molecule has 2 saturated carbocycles. The smallest absolute Gasteiger partial charge is 0.0210 e. The first kappa shape index (κ1) is 14.6. The SMILES string of the molecule is CCN(CCNC1CC(c2ccccc2Br)C1)C1CC1. The third-order valence-electron chi connectivity index (χ3n) is 4.78. The molecule has 20 heavy (non-hydrogen) atoms. The summed E-state index contributed by atoms with van der Waals surface area (Å²) in [6.07, 6.45) is 5.42. The first-order chi connectivity index (χ1) is 9.78. The average molecular weight is 337 g/mol. The van der Waals surface area contributed by atoms with Gasteiger partial charge in [-0.2, -0.15) is 0 Å². The van der Waals surface area contributed by atoms with Gasteiger partial charge in [-0.15, -0.1) is 0 Å². The van der Waals surface area contributed by atoms with Crippen LogP contribution in [0.25, 0.3) is 0 Å². The number of hydrogen-bond donors (Lipinski definition) is 1. The summed E-state index contributed by atoms with van der Waals surface area (Å²) in [6, 6.07) is 10.3. The first-order valence-corrected chi connectivity index (χ1v) is 8.79. The Labute approximate surface area is 131 Å². The van der Waals surface area contributed by atoms with Gasteiger partial charge in [0.1, 0.15) is 0 Å². The minimum absolute atomic E-state index is 0.727. The van der Waals surface area contributed by atoms with Gasteiger partial charge in [0.15, 0.2) is 0 Å². The van der Waals surface area contributed by atoms with Crippen molar-refractivity contribution in [3.8, 4) is 0 Å². The monoisotopic (exact) mass is 336 g/mol. The van der Waals surface area contributed by atoms with Gasteiger partial charge >= 0.3 is 0 Å². The zero-order valence-electron chi connectivity index (χ0n) is 12.3. The Morgan fingerprint density at radius 1 is 1.25 bits per heavy atom. The summed E-state index contributed by atoms with van der Waals surface area (Å²) >= 11 is 3.67. The molecule has 2 aliphatic carbocycles. The number of hydrogen-bond acceptors (Lipinski definition) is 2. The van der Waals surface area contributed by atoms with E-state index in [1.54, 1.807) is 0 Å². The minimum Gasteiger partial charge on any atom is -0.313 e. The highest BCUT2D eigenvalue weighted by Crippen LogP contribution is 2.39. The van der Waals surface area contributed by atoms with Gasteiger partial charge in [0.05, 0.1) is 0 Å². The number of benzene rings is 1. The largest absolute Gasteiger partial charge is 0.313 e. The van der Waals surface area contributed by atoms with E-state index in [9.17, 15) is 0 Å². The summed E-state index contributed by atoms with van der Waals surface area (Å²) in [7, 11) is 0. The number of nitrogens with zero attached hydrogens (tertiary/aromatic N) is 1. The normalized spacial score (nSPS) is 25.8. The number of halogens is 1. The summed E-state index contributed by atoms with van der Waals surface area (Å²) < 4.78 is 1.27. The fourth-order valence-corrected chi connectivity index (χ4v) is 3.90. The number of nitrogens with one attached hydrogen (secondary N) is 1. The lowest BCUT2D eigenvalue weighted by atomic mass is 9.76. The van der Waals surface area contributed by atoms with Crippen molar-refractivity contribution < 1.29 is 0 Å². The molecule has 0 bridgehead atoms. The second-order valence-electron chi connectivity index (χ2n) is 6.20. The molecule has 0 spiro atoms. The molecule has 110 valence electrons. The molecule has 0 atom stereocenters. The Kier molecular flexibility index (Phi) is 4.79. The van der Waals surface area contributed by atoms with Crippen molar-refractivity contribution in [2.24, 2.45) is 0 Å². The van der Waals surface area contributed by atoms with Crippen LogP contribution < -0.4 is 5.32 Å². The van der Waals surface area contributed by atoms with Crippen LogP contribution in [0.15, 0.2) is 28.7 Å². The van der Waals surface area contributed by atoms with Crippen LogP contribution in [0.5, 0.6) is 0 Å². The van der Waals surface area contributed by atoms with Gasteiger partial charge < -0.3 is 5.32 Å². The van der Waals surface area contributed by atoms with Gasteiger partial charge in [-0.25, -0.2) is 0 Å². The highest BCUT2D eigenvalue weighted by molar-refractivity contribution is 9.10. The molecule has 0 saturated heterocycles. The lowest BCUT2D eigenvalue weighted by molar-refractivity contribution is 0.243. The van der Waals surface area contributed by atoms with E-state index in [1.807, 2.05) is 0 Å². The number of likely N-dealkylation sites (N-methyl/N-ethyl adjacent to an activating group) is 1. The molecule has 0 unspecified atom stereocenters. The van der Waals surface area contributed by atoms with Crippen LogP contribution in [0.4, 0.5) is 0 Å². The van der Waals surface area contributed by atoms with Crippen LogP contribution >= 0.6 is 15.9 Å². The maximum absolute atomic E-state index is 3.73. The molecule has 2 aliphatic rings. The highest BCUT2D eigenvalue weighted by atomic mass is 79.9. The molecule has 3 heteroatoms. The lowest BCUT2D eigenvalue weighted by Gasteiger charge is -2.37. The molecule has 0 heterocycles. The topological polar surface area (TPSA) is 15.3 Å². The predicted octanol–water partition coefficient (Wildman–Crippen LogP) is 3.77. The fourth-order valence-electron chi connectivity index (χ4n) is 3.30. The van der Waals surface area contributed by atoms with Crippen molar-refractivity contribution in [2.75, 3.05) is 19.6 Å². The molecule has 0 radical (unpaired) electrons. The van der Waals surface area contributed by atoms with E-state index in [0.29, 0.717) is 0 Å². The van der Waals surface area contributed by atoms with E-state index >= 15 is 0 Å². The molecule has 2 fully saturated rings. The van der Waals surface area contributed by atoms with Crippen molar-refractivity contribution in [3.05, 3.63) is 34.3 Å². The zero-order valence-corrected chi connectivity index (χ0v) is 13.9. The van der Waals surface area contributed by atoms with Crippen molar-refractivity contribution in [3.63, 3.8) is 0 Å². The highest BCUT2D eigenvalue weighted by Gasteiger charge is 2.31. The Hall–Kier alpha value is -0.380. The molecule has 1 aromatic carbocycles. The van der Waals surface area contributed by atoms with Gasteiger partial charge in [0.25, 0.3) is 0 Å². The Bertz CT molecular complexity index is 438. The zero-order chi connectivity index (χ0) is 13.9. The van der Waals surface area contributed by atoms with Crippen molar-refractivity contribution >= 4 is 15.9 Å². The van der Waals surface area contributed by atoms with Gasteiger partial charge in [0, 0.05) is 29.6 Å². The quantitative estimate of drug-likeness (QED) is 0.815. The van der Waals surface area contributed by atoms with Gasteiger partial charge in [0.2, 0.25) is 0 Å². The van der Waals surface area contributed by atoms with Crippen molar-refractivity contribution in [1.29, 1.82) is 0 Å². The standard InChI is InChI=1S/C17H25BrN2/c1-2-20(15-7-8-15)10-9-19-14-11-13(12-14)16-5-3-4-6-17(16)18/h3-6,13-15,19H,2,7-12H2,1H3. The Morgan fingerprint density at radius 3 is 2.65 bits per heavy atom. The van der Waals surface area contributed by atoms with Gasteiger partial charge in [-0.1, -0.05) is 41.1 Å². The van der Waals surface area contributed by atoms with Crippen molar-refractivity contribution in [2.45, 2.75) is 50.6 Å². The van der Waals surface area contributed by atoms with Crippen LogP contribution in [0.1, 0.15) is 44.1 Å². The summed E-state index contributed by atoms with van der Waals surface area (Å²) in [6.45, 7) is 5.86. The van der Waals surface area contributed by atoms with E-state index < -0.39 is 0 Å². The maximum atomic E-state index is 3.73. The molecule has 0 amide bonds. The van der Waals surface area contributed by atoms with Gasteiger partial charge in [-0.05, 0) is 49.8 Å². The third-order valence-corrected chi connectivity index (χ3v) is 5.51. The van der Waals surface area contributed by atoms with Gasteiger partial charge in [-0.3, -0.25) is 4.90 Å². The third kappa shape index (κ3) is 3.44. The summed E-state index contributed by atoms with van der Waals surface area (Å²) in [5.41, 5.74) is 1.48. The molecule has 3 rings (SSSR count). The van der Waals surface area contributed by atoms with Crippen LogP contribution in [0, 0.1) is 0 Å². The van der Waals surface area contributed by atoms with E-state index in [4.69, 9.17) is 0 Å².